The van der Waals surface area contributed by atoms with Crippen molar-refractivity contribution >= 4 is 17.4 Å². The quantitative estimate of drug-likeness (QED) is 0.623. The summed E-state index contributed by atoms with van der Waals surface area (Å²) >= 11 is 0. The summed E-state index contributed by atoms with van der Waals surface area (Å²) < 4.78 is 7.76. The van der Waals surface area contributed by atoms with Crippen LogP contribution in [0.15, 0.2) is 54.6 Å². The third kappa shape index (κ3) is 3.78. The van der Waals surface area contributed by atoms with E-state index in [9.17, 15) is 4.79 Å². The standard InChI is InChI=1S/C25H28N4O2/c1-19-24(21-12-5-6-13-22(21)27-14-7-8-15-27)25-28(16-9-17-29(25)26-19)23(30)18-31-20-10-3-2-4-11-20/h2-6,10-13H,7-9,14-18H2,1H3. The average Bonchev–Trinajstić information content (AvgIpc) is 3.45. The highest BCUT2D eigenvalue weighted by Crippen LogP contribution is 2.41. The van der Waals surface area contributed by atoms with Crippen LogP contribution in [0.3, 0.4) is 0 Å². The Kier molecular flexibility index (Phi) is 5.37. The maximum Gasteiger partial charge on any atom is 0.266 e. The molecule has 1 fully saturated rings. The molecule has 3 aromatic rings. The lowest BCUT2D eigenvalue weighted by Crippen LogP contribution is -2.40. The van der Waals surface area contributed by atoms with Crippen LogP contribution in [0, 0.1) is 6.92 Å². The van der Waals surface area contributed by atoms with Gasteiger partial charge in [-0.15, -0.1) is 0 Å². The number of rotatable bonds is 5. The topological polar surface area (TPSA) is 50.6 Å². The summed E-state index contributed by atoms with van der Waals surface area (Å²) in [4.78, 5) is 17.5. The molecule has 6 nitrogen and oxygen atoms in total. The van der Waals surface area contributed by atoms with Gasteiger partial charge in [0.05, 0.1) is 5.69 Å². The number of fused-ring (bicyclic) bond motifs is 1. The van der Waals surface area contributed by atoms with Crippen LogP contribution >= 0.6 is 0 Å². The molecule has 0 aliphatic carbocycles. The molecule has 0 radical (unpaired) electrons. The van der Waals surface area contributed by atoms with Gasteiger partial charge in [-0.25, -0.2) is 4.68 Å². The minimum atomic E-state index is -0.0374. The zero-order valence-electron chi connectivity index (χ0n) is 18.0. The number of aromatic nitrogens is 2. The number of hydrogen-bond acceptors (Lipinski definition) is 4. The lowest BCUT2D eigenvalue weighted by molar-refractivity contribution is -0.120. The molecule has 0 spiro atoms. The Morgan fingerprint density at radius 1 is 0.935 bits per heavy atom. The third-order valence-electron chi connectivity index (χ3n) is 6.13. The number of benzene rings is 2. The summed E-state index contributed by atoms with van der Waals surface area (Å²) in [5.41, 5.74) is 4.42. The SMILES string of the molecule is Cc1nn2c(c1-c1ccccc1N1CCCC1)N(C(=O)COc1ccccc1)CCC2. The molecule has 3 heterocycles. The Bertz CT molecular complexity index is 1070. The number of carbonyl (C=O) groups is 1. The summed E-state index contributed by atoms with van der Waals surface area (Å²) in [5, 5.41) is 4.81. The Morgan fingerprint density at radius 3 is 2.48 bits per heavy atom. The van der Waals surface area contributed by atoms with E-state index in [-0.39, 0.29) is 12.5 Å². The van der Waals surface area contributed by atoms with Crippen LogP contribution < -0.4 is 14.5 Å². The van der Waals surface area contributed by atoms with Gasteiger partial charge < -0.3 is 9.64 Å². The van der Waals surface area contributed by atoms with E-state index in [2.05, 4.69) is 29.2 Å². The van der Waals surface area contributed by atoms with Crippen LogP contribution in [0.25, 0.3) is 11.1 Å². The van der Waals surface area contributed by atoms with Crippen LogP contribution in [-0.4, -0.2) is 41.9 Å². The highest BCUT2D eigenvalue weighted by Gasteiger charge is 2.31. The van der Waals surface area contributed by atoms with Gasteiger partial charge in [0.2, 0.25) is 0 Å². The molecule has 0 unspecified atom stereocenters. The van der Waals surface area contributed by atoms with Gasteiger partial charge in [-0.05, 0) is 44.4 Å². The van der Waals surface area contributed by atoms with Crippen molar-refractivity contribution in [2.24, 2.45) is 0 Å². The van der Waals surface area contributed by atoms with Crippen LogP contribution in [0.4, 0.5) is 11.5 Å². The molecular formula is C25H28N4O2. The minimum absolute atomic E-state index is 0.0153. The van der Waals surface area contributed by atoms with Gasteiger partial charge in [-0.2, -0.15) is 5.10 Å². The van der Waals surface area contributed by atoms with Crippen molar-refractivity contribution in [1.29, 1.82) is 0 Å². The van der Waals surface area contributed by atoms with Crippen molar-refractivity contribution in [3.8, 4) is 16.9 Å². The predicted octanol–water partition coefficient (Wildman–Crippen LogP) is 4.27. The molecule has 1 amide bonds. The molecule has 0 atom stereocenters. The Morgan fingerprint density at radius 2 is 1.68 bits per heavy atom. The first kappa shape index (κ1) is 19.7. The van der Waals surface area contributed by atoms with Crippen molar-refractivity contribution < 1.29 is 9.53 Å². The van der Waals surface area contributed by atoms with E-state index in [1.54, 1.807) is 0 Å². The van der Waals surface area contributed by atoms with E-state index in [1.807, 2.05) is 46.8 Å². The zero-order valence-corrected chi connectivity index (χ0v) is 18.0. The summed E-state index contributed by atoms with van der Waals surface area (Å²) in [6.45, 7) is 5.72. The van der Waals surface area contributed by atoms with Gasteiger partial charge >= 0.3 is 0 Å². The third-order valence-corrected chi connectivity index (χ3v) is 6.13. The fourth-order valence-electron chi connectivity index (χ4n) is 4.70. The smallest absolute Gasteiger partial charge is 0.266 e. The molecule has 5 rings (SSSR count). The monoisotopic (exact) mass is 416 g/mol. The number of para-hydroxylation sites is 2. The van der Waals surface area contributed by atoms with E-state index < -0.39 is 0 Å². The van der Waals surface area contributed by atoms with E-state index in [0.717, 1.165) is 48.7 Å². The van der Waals surface area contributed by atoms with Crippen LogP contribution in [0.1, 0.15) is 25.0 Å². The van der Waals surface area contributed by atoms with E-state index in [4.69, 9.17) is 9.84 Å². The second-order valence-electron chi connectivity index (χ2n) is 8.22. The molecule has 160 valence electrons. The summed E-state index contributed by atoms with van der Waals surface area (Å²) in [6.07, 6.45) is 3.33. The number of anilines is 2. The Hall–Kier alpha value is -3.28. The second kappa shape index (κ2) is 8.46. The first-order valence-electron chi connectivity index (χ1n) is 11.1. The van der Waals surface area contributed by atoms with Gasteiger partial charge in [-0.3, -0.25) is 9.69 Å². The first-order valence-corrected chi connectivity index (χ1v) is 11.1. The van der Waals surface area contributed by atoms with E-state index in [1.165, 1.54) is 18.5 Å². The Labute approximate surface area is 183 Å². The fourth-order valence-corrected chi connectivity index (χ4v) is 4.70. The lowest BCUT2D eigenvalue weighted by Gasteiger charge is -2.30. The lowest BCUT2D eigenvalue weighted by atomic mass is 10.0. The predicted molar refractivity (Wildman–Crippen MR) is 123 cm³/mol. The van der Waals surface area contributed by atoms with Crippen LogP contribution in [0.5, 0.6) is 5.75 Å². The molecule has 6 heteroatoms. The molecule has 0 bridgehead atoms. The van der Waals surface area contributed by atoms with Crippen molar-refractivity contribution in [1.82, 2.24) is 9.78 Å². The van der Waals surface area contributed by atoms with Crippen molar-refractivity contribution in [2.75, 3.05) is 36.0 Å². The molecule has 1 aromatic heterocycles. The van der Waals surface area contributed by atoms with E-state index in [0.29, 0.717) is 12.3 Å². The molecular weight excluding hydrogens is 388 g/mol. The van der Waals surface area contributed by atoms with Gasteiger partial charge in [0.15, 0.2) is 6.61 Å². The number of ether oxygens (including phenoxy) is 1. The van der Waals surface area contributed by atoms with Crippen molar-refractivity contribution in [2.45, 2.75) is 32.7 Å². The van der Waals surface area contributed by atoms with Crippen molar-refractivity contribution in [3.63, 3.8) is 0 Å². The zero-order chi connectivity index (χ0) is 21.2. The Balaban J connectivity index is 1.49. The average molecular weight is 417 g/mol. The minimum Gasteiger partial charge on any atom is -0.484 e. The number of aryl methyl sites for hydroxylation is 2. The maximum atomic E-state index is 13.2. The van der Waals surface area contributed by atoms with Gasteiger partial charge in [0.25, 0.3) is 5.91 Å². The highest BCUT2D eigenvalue weighted by molar-refractivity contribution is 5.99. The fraction of sp³-hybridized carbons (Fsp3) is 0.360. The molecule has 0 saturated carbocycles. The number of amides is 1. The molecule has 2 aliphatic rings. The van der Waals surface area contributed by atoms with Gasteiger partial charge in [0.1, 0.15) is 11.6 Å². The number of nitrogens with zero attached hydrogens (tertiary/aromatic N) is 4. The highest BCUT2D eigenvalue weighted by atomic mass is 16.5. The first-order chi connectivity index (χ1) is 15.2. The summed E-state index contributed by atoms with van der Waals surface area (Å²) in [7, 11) is 0. The van der Waals surface area contributed by atoms with E-state index >= 15 is 0 Å². The summed E-state index contributed by atoms with van der Waals surface area (Å²) in [5.74, 6) is 1.57. The maximum absolute atomic E-state index is 13.2. The number of carbonyl (C=O) groups excluding carboxylic acids is 1. The normalized spacial score (nSPS) is 15.8. The van der Waals surface area contributed by atoms with Gasteiger partial charge in [0, 0.05) is 43.0 Å². The molecule has 0 N–H and O–H groups in total. The van der Waals surface area contributed by atoms with Crippen LogP contribution in [-0.2, 0) is 11.3 Å². The molecule has 2 aliphatic heterocycles. The molecule has 1 saturated heterocycles. The van der Waals surface area contributed by atoms with Crippen molar-refractivity contribution in [3.05, 3.63) is 60.3 Å². The number of hydrogen-bond donors (Lipinski definition) is 0. The molecule has 2 aromatic carbocycles. The summed E-state index contributed by atoms with van der Waals surface area (Å²) in [6, 6.07) is 18.0. The largest absolute Gasteiger partial charge is 0.484 e. The van der Waals surface area contributed by atoms with Crippen LogP contribution in [0.2, 0.25) is 0 Å². The second-order valence-corrected chi connectivity index (χ2v) is 8.22. The van der Waals surface area contributed by atoms with Gasteiger partial charge in [-0.1, -0.05) is 36.4 Å². The molecule has 31 heavy (non-hydrogen) atoms.